The summed E-state index contributed by atoms with van der Waals surface area (Å²) in [6.07, 6.45) is 5.98. The minimum atomic E-state index is -0.00299. The number of hydrogen-bond donors (Lipinski definition) is 0. The highest BCUT2D eigenvalue weighted by molar-refractivity contribution is 5.80. The first-order chi connectivity index (χ1) is 16.7. The van der Waals surface area contributed by atoms with E-state index in [0.29, 0.717) is 17.7 Å². The van der Waals surface area contributed by atoms with Gasteiger partial charge in [0.15, 0.2) is 0 Å². The zero-order chi connectivity index (χ0) is 25.0. The van der Waals surface area contributed by atoms with Crippen molar-refractivity contribution in [2.45, 2.75) is 66.4 Å². The lowest BCUT2D eigenvalue weighted by molar-refractivity contribution is 0.234. The molecule has 0 saturated carbocycles. The van der Waals surface area contributed by atoms with E-state index in [9.17, 15) is 0 Å². The lowest BCUT2D eigenvalue weighted by atomic mass is 9.85. The first kappa shape index (κ1) is 24.6. The van der Waals surface area contributed by atoms with Crippen molar-refractivity contribution in [1.82, 2.24) is 20.2 Å². The summed E-state index contributed by atoms with van der Waals surface area (Å²) in [7, 11) is 0. The predicted molar refractivity (Wildman–Crippen MR) is 140 cm³/mol. The van der Waals surface area contributed by atoms with Crippen LogP contribution in [0.4, 0.5) is 0 Å². The highest BCUT2D eigenvalue weighted by Crippen LogP contribution is 2.31. The number of hydrogen-bond acceptors (Lipinski definition) is 6. The van der Waals surface area contributed by atoms with Crippen molar-refractivity contribution < 1.29 is 9.15 Å². The number of rotatable bonds is 9. The Hall–Kier alpha value is -3.54. The fraction of sp³-hybridized carbons (Fsp3) is 0.379. The molecule has 182 valence electrons. The lowest BCUT2D eigenvalue weighted by Gasteiger charge is -2.20. The van der Waals surface area contributed by atoms with E-state index in [1.165, 1.54) is 0 Å². The van der Waals surface area contributed by atoms with Crippen LogP contribution >= 0.6 is 0 Å². The molecule has 0 aliphatic rings. The summed E-state index contributed by atoms with van der Waals surface area (Å²) < 4.78 is 11.8. The SMILES string of the molecule is CC(C)Oc1nc2ccccc2nc1-c1cccc(C=CCC(C)(C)Cc2nnc(C(C)C)o2)c1. The molecule has 0 aliphatic heterocycles. The van der Waals surface area contributed by atoms with E-state index in [-0.39, 0.29) is 17.4 Å². The second-order valence-electron chi connectivity index (χ2n) is 10.3. The monoisotopic (exact) mass is 470 g/mol. The van der Waals surface area contributed by atoms with Crippen LogP contribution in [-0.4, -0.2) is 26.3 Å². The van der Waals surface area contributed by atoms with Gasteiger partial charge in [-0.1, -0.05) is 70.2 Å². The summed E-state index contributed by atoms with van der Waals surface area (Å²) in [5, 5.41) is 8.37. The third-order valence-corrected chi connectivity index (χ3v) is 5.63. The normalized spacial score (nSPS) is 12.3. The van der Waals surface area contributed by atoms with Crippen molar-refractivity contribution in [3.05, 3.63) is 72.0 Å². The van der Waals surface area contributed by atoms with Gasteiger partial charge in [-0.2, -0.15) is 0 Å². The number of ether oxygens (including phenoxy) is 1. The maximum absolute atomic E-state index is 6.03. The van der Waals surface area contributed by atoms with Crippen molar-refractivity contribution in [2.75, 3.05) is 0 Å². The van der Waals surface area contributed by atoms with Crippen molar-refractivity contribution in [1.29, 1.82) is 0 Å². The predicted octanol–water partition coefficient (Wildman–Crippen LogP) is 7.26. The fourth-order valence-corrected chi connectivity index (χ4v) is 3.83. The van der Waals surface area contributed by atoms with Crippen LogP contribution in [0.1, 0.15) is 71.2 Å². The Balaban J connectivity index is 1.53. The first-order valence-corrected chi connectivity index (χ1v) is 12.2. The second-order valence-corrected chi connectivity index (χ2v) is 10.3. The van der Waals surface area contributed by atoms with Crippen molar-refractivity contribution in [3.8, 4) is 17.1 Å². The lowest BCUT2D eigenvalue weighted by Crippen LogP contribution is -2.14. The van der Waals surface area contributed by atoms with Gasteiger partial charge in [-0.3, -0.25) is 0 Å². The molecule has 0 fully saturated rings. The molecular formula is C29H34N4O2. The summed E-state index contributed by atoms with van der Waals surface area (Å²) in [6.45, 7) is 12.5. The Morgan fingerprint density at radius 3 is 2.37 bits per heavy atom. The van der Waals surface area contributed by atoms with Crippen LogP contribution in [0, 0.1) is 5.41 Å². The number of nitrogens with zero attached hydrogens (tertiary/aromatic N) is 4. The molecule has 6 heteroatoms. The Labute approximate surface area is 207 Å². The fourth-order valence-electron chi connectivity index (χ4n) is 3.83. The molecule has 0 atom stereocenters. The zero-order valence-corrected chi connectivity index (χ0v) is 21.4. The average Bonchev–Trinajstić information content (AvgIpc) is 3.26. The third-order valence-electron chi connectivity index (χ3n) is 5.63. The molecule has 4 rings (SSSR count). The molecule has 2 aromatic carbocycles. The Morgan fingerprint density at radius 2 is 1.69 bits per heavy atom. The van der Waals surface area contributed by atoms with Crippen LogP contribution in [0.15, 0.2) is 59.0 Å². The second kappa shape index (κ2) is 10.4. The van der Waals surface area contributed by atoms with E-state index in [0.717, 1.165) is 40.7 Å². The molecule has 0 unspecified atom stereocenters. The molecule has 0 bridgehead atoms. The van der Waals surface area contributed by atoms with Gasteiger partial charge in [-0.05, 0) is 49.4 Å². The van der Waals surface area contributed by atoms with Crippen molar-refractivity contribution in [3.63, 3.8) is 0 Å². The van der Waals surface area contributed by atoms with Gasteiger partial charge in [0, 0.05) is 17.9 Å². The molecule has 0 radical (unpaired) electrons. The molecule has 0 saturated heterocycles. The summed E-state index contributed by atoms with van der Waals surface area (Å²) in [6, 6.07) is 16.2. The Kier molecular flexibility index (Phi) is 7.29. The largest absolute Gasteiger partial charge is 0.473 e. The van der Waals surface area contributed by atoms with E-state index < -0.39 is 0 Å². The Bertz CT molecular complexity index is 1320. The average molecular weight is 471 g/mol. The number of aromatic nitrogens is 4. The number of fused-ring (bicyclic) bond motifs is 1. The molecule has 0 amide bonds. The van der Waals surface area contributed by atoms with E-state index in [1.807, 2.05) is 44.2 Å². The molecule has 0 spiro atoms. The number of para-hydroxylation sites is 2. The van der Waals surface area contributed by atoms with Crippen LogP contribution < -0.4 is 4.74 Å². The van der Waals surface area contributed by atoms with Crippen molar-refractivity contribution >= 4 is 17.1 Å². The van der Waals surface area contributed by atoms with Gasteiger partial charge in [0.1, 0.15) is 5.69 Å². The minimum Gasteiger partial charge on any atom is -0.473 e. The van der Waals surface area contributed by atoms with Crippen LogP contribution in [0.25, 0.3) is 28.4 Å². The smallest absolute Gasteiger partial charge is 0.241 e. The van der Waals surface area contributed by atoms with Gasteiger partial charge in [0.05, 0.1) is 17.1 Å². The minimum absolute atomic E-state index is 0.00299. The maximum atomic E-state index is 6.03. The van der Waals surface area contributed by atoms with Gasteiger partial charge in [-0.25, -0.2) is 9.97 Å². The summed E-state index contributed by atoms with van der Waals surface area (Å²) in [5.41, 5.74) is 4.51. The standard InChI is InChI=1S/C29H34N4O2/c1-19(2)27-33-32-25(35-27)18-29(5,6)16-10-12-21-11-9-13-22(17-21)26-28(34-20(3)4)31-24-15-8-7-14-23(24)30-26/h7-15,17,19-20H,16,18H2,1-6H3. The third kappa shape index (κ3) is 6.32. The molecular weight excluding hydrogens is 436 g/mol. The van der Waals surface area contributed by atoms with Gasteiger partial charge in [0.25, 0.3) is 0 Å². The highest BCUT2D eigenvalue weighted by Gasteiger charge is 2.21. The molecule has 4 aromatic rings. The van der Waals surface area contributed by atoms with Crippen LogP contribution in [0.5, 0.6) is 5.88 Å². The van der Waals surface area contributed by atoms with Gasteiger partial charge < -0.3 is 9.15 Å². The van der Waals surface area contributed by atoms with Crippen LogP contribution in [0.2, 0.25) is 0 Å². The summed E-state index contributed by atoms with van der Waals surface area (Å²) in [4.78, 5) is 9.63. The topological polar surface area (TPSA) is 73.9 Å². The van der Waals surface area contributed by atoms with Gasteiger partial charge in [-0.15, -0.1) is 10.2 Å². The number of benzene rings is 2. The molecule has 0 N–H and O–H groups in total. The van der Waals surface area contributed by atoms with Crippen LogP contribution in [-0.2, 0) is 6.42 Å². The first-order valence-electron chi connectivity index (χ1n) is 12.2. The maximum Gasteiger partial charge on any atom is 0.241 e. The Morgan fingerprint density at radius 1 is 0.943 bits per heavy atom. The quantitative estimate of drug-likeness (QED) is 0.256. The summed E-state index contributed by atoms with van der Waals surface area (Å²) in [5.74, 6) is 2.19. The molecule has 2 aromatic heterocycles. The molecule has 2 heterocycles. The van der Waals surface area contributed by atoms with E-state index >= 15 is 0 Å². The van der Waals surface area contributed by atoms with E-state index in [4.69, 9.17) is 19.1 Å². The molecule has 6 nitrogen and oxygen atoms in total. The van der Waals surface area contributed by atoms with Crippen LogP contribution in [0.3, 0.4) is 0 Å². The number of allylic oxidation sites excluding steroid dienone is 1. The van der Waals surface area contributed by atoms with Gasteiger partial charge >= 0.3 is 0 Å². The summed E-state index contributed by atoms with van der Waals surface area (Å²) >= 11 is 0. The zero-order valence-electron chi connectivity index (χ0n) is 21.4. The van der Waals surface area contributed by atoms with Gasteiger partial charge in [0.2, 0.25) is 17.7 Å². The molecule has 0 aliphatic carbocycles. The molecule has 35 heavy (non-hydrogen) atoms. The highest BCUT2D eigenvalue weighted by atomic mass is 16.5. The van der Waals surface area contributed by atoms with E-state index in [2.05, 4.69) is 68.2 Å². The van der Waals surface area contributed by atoms with E-state index in [1.54, 1.807) is 0 Å². The van der Waals surface area contributed by atoms with Crippen molar-refractivity contribution in [2.24, 2.45) is 5.41 Å².